The summed E-state index contributed by atoms with van der Waals surface area (Å²) in [6.45, 7) is 3.63. The molecular weight excluding hydrogens is 116 g/mol. The molecule has 3 nitrogen and oxygen atoms in total. The van der Waals surface area contributed by atoms with Crippen molar-refractivity contribution in [1.82, 2.24) is 9.55 Å². The van der Waals surface area contributed by atoms with Crippen LogP contribution in [0.4, 0.5) is 0 Å². The van der Waals surface area contributed by atoms with Gasteiger partial charge in [-0.2, -0.15) is 0 Å². The Hall–Kier alpha value is -1.12. The van der Waals surface area contributed by atoms with Crippen LogP contribution in [0.2, 0.25) is 0 Å². The SMILES string of the molecule is Cc1cnc(C)n1C=O. The van der Waals surface area contributed by atoms with Crippen molar-refractivity contribution >= 4 is 6.41 Å². The standard InChI is InChI=1S/C6H8N2O/c1-5-3-7-6(2)8(5)4-9/h3-4H,1-2H3. The third kappa shape index (κ3) is 0.850. The fraction of sp³-hybridized carbons (Fsp3) is 0.333. The maximum Gasteiger partial charge on any atom is 0.219 e. The molecule has 1 rings (SSSR count). The van der Waals surface area contributed by atoms with E-state index in [1.54, 1.807) is 13.1 Å². The number of imidazole rings is 1. The fourth-order valence-electron chi connectivity index (χ4n) is 0.726. The number of aromatic nitrogens is 2. The highest BCUT2D eigenvalue weighted by Gasteiger charge is 1.97. The second-order valence-electron chi connectivity index (χ2n) is 1.92. The summed E-state index contributed by atoms with van der Waals surface area (Å²) < 4.78 is 1.50. The average molecular weight is 124 g/mol. The van der Waals surface area contributed by atoms with Crippen LogP contribution in [0.15, 0.2) is 6.20 Å². The van der Waals surface area contributed by atoms with Gasteiger partial charge in [0, 0.05) is 11.9 Å². The average Bonchev–Trinajstić information content (AvgIpc) is 2.12. The lowest BCUT2D eigenvalue weighted by Crippen LogP contribution is -1.98. The zero-order valence-electron chi connectivity index (χ0n) is 5.46. The van der Waals surface area contributed by atoms with Crippen LogP contribution in [-0.4, -0.2) is 16.0 Å². The molecule has 1 aromatic heterocycles. The van der Waals surface area contributed by atoms with E-state index in [9.17, 15) is 4.79 Å². The van der Waals surface area contributed by atoms with Crippen molar-refractivity contribution in [3.05, 3.63) is 17.7 Å². The number of carbonyl (C=O) groups excluding carboxylic acids is 1. The Bertz CT molecular complexity index is 207. The zero-order valence-corrected chi connectivity index (χ0v) is 5.46. The first-order valence-corrected chi connectivity index (χ1v) is 2.71. The lowest BCUT2D eigenvalue weighted by atomic mass is 10.5. The Morgan fingerprint density at radius 3 is 2.56 bits per heavy atom. The summed E-state index contributed by atoms with van der Waals surface area (Å²) in [6.07, 6.45) is 2.43. The van der Waals surface area contributed by atoms with E-state index in [-0.39, 0.29) is 0 Å². The largest absolute Gasteiger partial charge is 0.278 e. The van der Waals surface area contributed by atoms with Gasteiger partial charge in [-0.3, -0.25) is 9.36 Å². The van der Waals surface area contributed by atoms with Crippen LogP contribution in [0.5, 0.6) is 0 Å². The smallest absolute Gasteiger partial charge is 0.219 e. The van der Waals surface area contributed by atoms with Crippen molar-refractivity contribution in [2.45, 2.75) is 13.8 Å². The van der Waals surface area contributed by atoms with Crippen LogP contribution < -0.4 is 0 Å². The molecule has 0 aliphatic heterocycles. The summed E-state index contributed by atoms with van der Waals surface area (Å²) in [5, 5.41) is 0. The van der Waals surface area contributed by atoms with E-state index in [0.717, 1.165) is 17.9 Å². The quantitative estimate of drug-likeness (QED) is 0.512. The predicted molar refractivity (Wildman–Crippen MR) is 33.8 cm³/mol. The first-order valence-electron chi connectivity index (χ1n) is 2.71. The molecule has 0 bridgehead atoms. The van der Waals surface area contributed by atoms with Gasteiger partial charge in [0.1, 0.15) is 5.82 Å². The van der Waals surface area contributed by atoms with E-state index in [2.05, 4.69) is 4.98 Å². The molecule has 0 aromatic carbocycles. The molecule has 9 heavy (non-hydrogen) atoms. The van der Waals surface area contributed by atoms with Gasteiger partial charge in [-0.15, -0.1) is 0 Å². The summed E-state index contributed by atoms with van der Waals surface area (Å²) in [6, 6.07) is 0. The van der Waals surface area contributed by atoms with Gasteiger partial charge in [-0.05, 0) is 13.8 Å². The van der Waals surface area contributed by atoms with Gasteiger partial charge in [-0.25, -0.2) is 4.98 Å². The maximum absolute atomic E-state index is 10.2. The molecule has 0 fully saturated rings. The van der Waals surface area contributed by atoms with Crippen molar-refractivity contribution in [2.75, 3.05) is 0 Å². The van der Waals surface area contributed by atoms with Crippen molar-refractivity contribution < 1.29 is 4.79 Å². The highest BCUT2D eigenvalue weighted by molar-refractivity contribution is 5.54. The van der Waals surface area contributed by atoms with Crippen LogP contribution in [-0.2, 0) is 4.79 Å². The van der Waals surface area contributed by atoms with Gasteiger partial charge in [0.25, 0.3) is 0 Å². The molecule has 0 N–H and O–H groups in total. The molecule has 3 heteroatoms. The number of hydrogen-bond donors (Lipinski definition) is 0. The molecule has 0 amide bonds. The van der Waals surface area contributed by atoms with Crippen LogP contribution in [0, 0.1) is 13.8 Å². The highest BCUT2D eigenvalue weighted by Crippen LogP contribution is 1.97. The van der Waals surface area contributed by atoms with Gasteiger partial charge in [0.15, 0.2) is 0 Å². The Morgan fingerprint density at radius 2 is 2.33 bits per heavy atom. The maximum atomic E-state index is 10.2. The minimum atomic E-state index is 0.738. The highest BCUT2D eigenvalue weighted by atomic mass is 16.1. The second-order valence-corrected chi connectivity index (χ2v) is 1.92. The summed E-state index contributed by atoms with van der Waals surface area (Å²) in [7, 11) is 0. The summed E-state index contributed by atoms with van der Waals surface area (Å²) in [5.41, 5.74) is 0.877. The molecule has 1 heterocycles. The van der Waals surface area contributed by atoms with Crippen molar-refractivity contribution in [3.8, 4) is 0 Å². The van der Waals surface area contributed by atoms with E-state index in [1.807, 2.05) is 6.92 Å². The Labute approximate surface area is 53.3 Å². The van der Waals surface area contributed by atoms with Crippen LogP contribution in [0.1, 0.15) is 11.5 Å². The van der Waals surface area contributed by atoms with Gasteiger partial charge in [0.2, 0.25) is 6.41 Å². The number of nitrogens with zero attached hydrogens (tertiary/aromatic N) is 2. The molecule has 1 aromatic rings. The van der Waals surface area contributed by atoms with E-state index in [4.69, 9.17) is 0 Å². The summed E-state index contributed by atoms with van der Waals surface area (Å²) >= 11 is 0. The molecule has 0 spiro atoms. The first kappa shape index (κ1) is 6.01. The monoisotopic (exact) mass is 124 g/mol. The Balaban J connectivity index is 3.22. The van der Waals surface area contributed by atoms with Gasteiger partial charge in [-0.1, -0.05) is 0 Å². The van der Waals surface area contributed by atoms with Crippen molar-refractivity contribution in [2.24, 2.45) is 0 Å². The van der Waals surface area contributed by atoms with Gasteiger partial charge < -0.3 is 0 Å². The second kappa shape index (κ2) is 2.01. The van der Waals surface area contributed by atoms with Crippen LogP contribution in [0.3, 0.4) is 0 Å². The molecule has 0 saturated heterocycles. The summed E-state index contributed by atoms with van der Waals surface area (Å²) in [5.74, 6) is 0.738. The summed E-state index contributed by atoms with van der Waals surface area (Å²) in [4.78, 5) is 14.2. The molecule has 0 unspecified atom stereocenters. The lowest BCUT2D eigenvalue weighted by Gasteiger charge is -1.92. The fourth-order valence-corrected chi connectivity index (χ4v) is 0.726. The predicted octanol–water partition coefficient (Wildman–Crippen LogP) is 0.538. The minimum Gasteiger partial charge on any atom is -0.278 e. The molecular formula is C6H8N2O. The third-order valence-electron chi connectivity index (χ3n) is 1.27. The number of carbonyl (C=O) groups is 1. The normalized spacial score (nSPS) is 9.56. The topological polar surface area (TPSA) is 34.9 Å². The molecule has 0 aliphatic carbocycles. The van der Waals surface area contributed by atoms with Crippen LogP contribution >= 0.6 is 0 Å². The van der Waals surface area contributed by atoms with Crippen molar-refractivity contribution in [3.63, 3.8) is 0 Å². The van der Waals surface area contributed by atoms with Crippen molar-refractivity contribution in [1.29, 1.82) is 0 Å². The molecule has 0 atom stereocenters. The number of aryl methyl sites for hydroxylation is 2. The first-order chi connectivity index (χ1) is 4.25. The van der Waals surface area contributed by atoms with Gasteiger partial charge in [0.05, 0.1) is 0 Å². The van der Waals surface area contributed by atoms with E-state index in [0.29, 0.717) is 0 Å². The number of rotatable bonds is 1. The third-order valence-corrected chi connectivity index (χ3v) is 1.27. The minimum absolute atomic E-state index is 0.738. The number of hydrogen-bond acceptors (Lipinski definition) is 2. The molecule has 0 saturated carbocycles. The Morgan fingerprint density at radius 1 is 1.67 bits per heavy atom. The van der Waals surface area contributed by atoms with E-state index < -0.39 is 0 Å². The Kier molecular flexibility index (Phi) is 1.34. The van der Waals surface area contributed by atoms with E-state index >= 15 is 0 Å². The molecule has 0 aliphatic rings. The molecule has 48 valence electrons. The van der Waals surface area contributed by atoms with Gasteiger partial charge >= 0.3 is 0 Å². The molecule has 0 radical (unpaired) electrons. The van der Waals surface area contributed by atoms with Crippen LogP contribution in [0.25, 0.3) is 0 Å². The van der Waals surface area contributed by atoms with E-state index in [1.165, 1.54) is 4.57 Å². The lowest BCUT2D eigenvalue weighted by molar-refractivity contribution is 0.545. The zero-order chi connectivity index (χ0) is 6.85.